The minimum absolute atomic E-state index is 0.323. The van der Waals surface area contributed by atoms with Gasteiger partial charge in [0.1, 0.15) is 5.82 Å². The van der Waals surface area contributed by atoms with Crippen LogP contribution in [0.25, 0.3) is 0 Å². The normalized spacial score (nSPS) is 12.1. The lowest BCUT2D eigenvalue weighted by Gasteiger charge is -2.13. The van der Waals surface area contributed by atoms with Crippen molar-refractivity contribution < 1.29 is 14.3 Å². The van der Waals surface area contributed by atoms with Crippen LogP contribution >= 0.6 is 0 Å². The van der Waals surface area contributed by atoms with Crippen LogP contribution in [0.3, 0.4) is 0 Å². The van der Waals surface area contributed by atoms with Crippen LogP contribution in [-0.4, -0.2) is 11.0 Å². The van der Waals surface area contributed by atoms with Crippen LogP contribution in [0.4, 0.5) is 4.39 Å². The van der Waals surface area contributed by atoms with Gasteiger partial charge < -0.3 is 10.8 Å². The van der Waals surface area contributed by atoms with Crippen LogP contribution in [0.1, 0.15) is 39.6 Å². The van der Waals surface area contributed by atoms with Gasteiger partial charge in [-0.25, -0.2) is 4.39 Å². The largest absolute Gasteiger partial charge is 0.388 e. The number of halogens is 1. The van der Waals surface area contributed by atoms with E-state index in [9.17, 15) is 14.3 Å². The molecule has 110 valence electrons. The Morgan fingerprint density at radius 2 is 1.90 bits per heavy atom. The van der Waals surface area contributed by atoms with Crippen molar-refractivity contribution in [2.75, 3.05) is 0 Å². The number of nitrogens with two attached hydrogens (primary N) is 1. The second-order valence-electron chi connectivity index (χ2n) is 5.06. The minimum atomic E-state index is -0.665. The van der Waals surface area contributed by atoms with Crippen LogP contribution in [0, 0.1) is 12.7 Å². The van der Waals surface area contributed by atoms with Crippen molar-refractivity contribution >= 4 is 5.91 Å². The molecule has 0 aliphatic carbocycles. The van der Waals surface area contributed by atoms with Gasteiger partial charge in [0.2, 0.25) is 5.91 Å². The Balaban J connectivity index is 2.08. The summed E-state index contributed by atoms with van der Waals surface area (Å²) in [5.41, 5.74) is 8.33. The Morgan fingerprint density at radius 1 is 1.24 bits per heavy atom. The van der Waals surface area contributed by atoms with Gasteiger partial charge in [0, 0.05) is 5.56 Å². The fourth-order valence-corrected chi connectivity index (χ4v) is 2.37. The average Bonchev–Trinajstić information content (AvgIpc) is 2.46. The van der Waals surface area contributed by atoms with E-state index in [0.717, 1.165) is 11.1 Å². The standard InChI is InChI=1S/C17H18FNO2/c1-11-12(3-2-4-15(11)17(19)21)7-10-16(20)13-5-8-14(18)9-6-13/h2-6,8-9,16,20H,7,10H2,1H3,(H2,19,21). The second kappa shape index (κ2) is 6.50. The molecule has 1 atom stereocenters. The fraction of sp³-hybridized carbons (Fsp3) is 0.235. The molecule has 0 saturated carbocycles. The van der Waals surface area contributed by atoms with Crippen LogP contribution in [0.15, 0.2) is 42.5 Å². The fourth-order valence-electron chi connectivity index (χ4n) is 2.37. The number of carbonyl (C=O) groups excluding carboxylic acids is 1. The van der Waals surface area contributed by atoms with E-state index in [1.165, 1.54) is 12.1 Å². The summed E-state index contributed by atoms with van der Waals surface area (Å²) in [5.74, 6) is -0.774. The monoisotopic (exact) mass is 287 g/mol. The first kappa shape index (κ1) is 15.2. The highest BCUT2D eigenvalue weighted by atomic mass is 19.1. The zero-order valence-electron chi connectivity index (χ0n) is 11.8. The van der Waals surface area contributed by atoms with Crippen LogP contribution in [-0.2, 0) is 6.42 Å². The Morgan fingerprint density at radius 3 is 2.52 bits per heavy atom. The number of carbonyl (C=O) groups is 1. The number of benzene rings is 2. The number of primary amides is 1. The van der Waals surface area contributed by atoms with Crippen molar-refractivity contribution in [3.63, 3.8) is 0 Å². The Bertz CT molecular complexity index is 638. The van der Waals surface area contributed by atoms with Crippen molar-refractivity contribution in [2.24, 2.45) is 5.73 Å². The topological polar surface area (TPSA) is 63.3 Å². The van der Waals surface area contributed by atoms with Crippen LogP contribution in [0.2, 0.25) is 0 Å². The summed E-state index contributed by atoms with van der Waals surface area (Å²) in [6, 6.07) is 11.2. The van der Waals surface area contributed by atoms with Crippen molar-refractivity contribution in [3.8, 4) is 0 Å². The first-order valence-electron chi connectivity index (χ1n) is 6.81. The molecule has 0 bridgehead atoms. The molecule has 1 unspecified atom stereocenters. The molecule has 0 aliphatic heterocycles. The predicted molar refractivity (Wildman–Crippen MR) is 79.4 cm³/mol. The van der Waals surface area contributed by atoms with Gasteiger partial charge in [0.05, 0.1) is 6.10 Å². The molecule has 0 fully saturated rings. The minimum Gasteiger partial charge on any atom is -0.388 e. The molecule has 3 nitrogen and oxygen atoms in total. The third kappa shape index (κ3) is 3.67. The number of rotatable bonds is 5. The lowest BCUT2D eigenvalue weighted by Crippen LogP contribution is -2.13. The first-order valence-corrected chi connectivity index (χ1v) is 6.81. The molecule has 0 aliphatic rings. The molecule has 2 aromatic rings. The highest BCUT2D eigenvalue weighted by Gasteiger charge is 2.12. The van der Waals surface area contributed by atoms with Gasteiger partial charge >= 0.3 is 0 Å². The average molecular weight is 287 g/mol. The maximum Gasteiger partial charge on any atom is 0.248 e. The van der Waals surface area contributed by atoms with Gasteiger partial charge in [-0.1, -0.05) is 24.3 Å². The van der Waals surface area contributed by atoms with Gasteiger partial charge in [-0.15, -0.1) is 0 Å². The molecule has 2 aromatic carbocycles. The zero-order valence-corrected chi connectivity index (χ0v) is 11.8. The summed E-state index contributed by atoms with van der Waals surface area (Å²) >= 11 is 0. The molecule has 0 saturated heterocycles. The number of aliphatic hydroxyl groups is 1. The quantitative estimate of drug-likeness (QED) is 0.888. The number of aryl methyl sites for hydroxylation is 1. The summed E-state index contributed by atoms with van der Waals surface area (Å²) < 4.78 is 12.8. The third-order valence-corrected chi connectivity index (χ3v) is 3.65. The van der Waals surface area contributed by atoms with E-state index in [0.29, 0.717) is 24.0 Å². The summed E-state index contributed by atoms with van der Waals surface area (Å²) in [4.78, 5) is 11.3. The zero-order chi connectivity index (χ0) is 15.4. The van der Waals surface area contributed by atoms with Gasteiger partial charge in [-0.05, 0) is 54.7 Å². The molecule has 4 heteroatoms. The summed E-state index contributed by atoms with van der Waals surface area (Å²) in [5, 5.41) is 10.1. The summed E-state index contributed by atoms with van der Waals surface area (Å²) in [7, 11) is 0. The van der Waals surface area contributed by atoms with E-state index in [1.54, 1.807) is 24.3 Å². The lowest BCUT2D eigenvalue weighted by molar-refractivity contribution is 0.0999. The van der Waals surface area contributed by atoms with Crippen molar-refractivity contribution in [1.82, 2.24) is 0 Å². The van der Waals surface area contributed by atoms with Crippen molar-refractivity contribution in [3.05, 3.63) is 70.5 Å². The van der Waals surface area contributed by atoms with E-state index in [1.807, 2.05) is 13.0 Å². The first-order chi connectivity index (χ1) is 9.99. The van der Waals surface area contributed by atoms with Gasteiger partial charge in [0.25, 0.3) is 0 Å². The summed E-state index contributed by atoms with van der Waals surface area (Å²) in [6.07, 6.45) is 0.447. The Labute approximate surface area is 123 Å². The van der Waals surface area contributed by atoms with Crippen molar-refractivity contribution in [2.45, 2.75) is 25.9 Å². The number of hydrogen-bond acceptors (Lipinski definition) is 2. The molecular weight excluding hydrogens is 269 g/mol. The predicted octanol–water partition coefficient (Wildman–Crippen LogP) is 2.90. The molecule has 1 amide bonds. The maximum absolute atomic E-state index is 12.8. The van der Waals surface area contributed by atoms with E-state index in [4.69, 9.17) is 5.73 Å². The van der Waals surface area contributed by atoms with Gasteiger partial charge in [-0.2, -0.15) is 0 Å². The van der Waals surface area contributed by atoms with E-state index in [-0.39, 0.29) is 5.82 Å². The Hall–Kier alpha value is -2.20. The molecule has 2 rings (SSSR count). The van der Waals surface area contributed by atoms with Crippen molar-refractivity contribution in [1.29, 1.82) is 0 Å². The Kier molecular flexibility index (Phi) is 4.70. The van der Waals surface area contributed by atoms with Gasteiger partial charge in [0.15, 0.2) is 0 Å². The molecule has 21 heavy (non-hydrogen) atoms. The lowest BCUT2D eigenvalue weighted by atomic mass is 9.95. The van der Waals surface area contributed by atoms with E-state index >= 15 is 0 Å². The molecule has 0 aromatic heterocycles. The third-order valence-electron chi connectivity index (χ3n) is 3.65. The van der Waals surface area contributed by atoms with Crippen LogP contribution in [0.5, 0.6) is 0 Å². The van der Waals surface area contributed by atoms with Gasteiger partial charge in [-0.3, -0.25) is 4.79 Å². The molecule has 0 spiro atoms. The van der Waals surface area contributed by atoms with E-state index in [2.05, 4.69) is 0 Å². The summed E-state index contributed by atoms with van der Waals surface area (Å²) in [6.45, 7) is 1.85. The number of amides is 1. The van der Waals surface area contributed by atoms with E-state index < -0.39 is 12.0 Å². The highest BCUT2D eigenvalue weighted by molar-refractivity contribution is 5.94. The SMILES string of the molecule is Cc1c(CCC(O)c2ccc(F)cc2)cccc1C(N)=O. The number of hydrogen-bond donors (Lipinski definition) is 2. The maximum atomic E-state index is 12.8. The van der Waals surface area contributed by atoms with Crippen LogP contribution < -0.4 is 5.73 Å². The smallest absolute Gasteiger partial charge is 0.248 e. The molecular formula is C17H18FNO2. The highest BCUT2D eigenvalue weighted by Crippen LogP contribution is 2.22. The number of aliphatic hydroxyl groups excluding tert-OH is 1. The second-order valence-corrected chi connectivity index (χ2v) is 5.06. The molecule has 0 radical (unpaired) electrons. The molecule has 0 heterocycles. The molecule has 3 N–H and O–H groups in total.